The molecule has 2 aliphatic rings. The van der Waals surface area contributed by atoms with E-state index < -0.39 is 0 Å². The highest BCUT2D eigenvalue weighted by Crippen LogP contribution is 2.49. The number of phenolic OH excluding ortho intramolecular Hbond substituents is 1. The average Bonchev–Trinajstić information content (AvgIpc) is 2.62. The van der Waals surface area contributed by atoms with E-state index in [9.17, 15) is 14.7 Å². The molecule has 1 unspecified atom stereocenters. The van der Waals surface area contributed by atoms with Crippen LogP contribution >= 0.6 is 27.5 Å². The Morgan fingerprint density at radius 1 is 1.10 bits per heavy atom. The molecule has 1 aliphatic heterocycles. The second kappa shape index (κ2) is 7.29. The van der Waals surface area contributed by atoms with E-state index in [0.717, 1.165) is 15.7 Å². The molecule has 0 spiro atoms. The quantitative estimate of drug-likeness (QED) is 0.583. The fraction of sp³-hybridized carbons (Fsp3) is 0.304. The molecule has 150 valence electrons. The lowest BCUT2D eigenvalue weighted by Gasteiger charge is -2.43. The average molecular weight is 475 g/mol. The van der Waals surface area contributed by atoms with Crippen LogP contribution in [-0.4, -0.2) is 16.8 Å². The SMILES string of the molecule is CC1(C)CC(=O)C2=C(C1)N(c1ccc(Br)cc1Cl)C(=O)CC2c1ccc(O)cc1. The number of hydrogen-bond acceptors (Lipinski definition) is 3. The number of phenols is 1. The number of carbonyl (C=O) groups excluding carboxylic acids is 2. The van der Waals surface area contributed by atoms with Gasteiger partial charge >= 0.3 is 0 Å². The van der Waals surface area contributed by atoms with Crippen LogP contribution in [0.15, 0.2) is 58.2 Å². The van der Waals surface area contributed by atoms with Gasteiger partial charge in [0, 0.05) is 34.5 Å². The summed E-state index contributed by atoms with van der Waals surface area (Å²) < 4.78 is 0.826. The Hall–Kier alpha value is -2.11. The lowest BCUT2D eigenvalue weighted by Crippen LogP contribution is -2.43. The van der Waals surface area contributed by atoms with E-state index in [0.29, 0.717) is 29.1 Å². The second-order valence-electron chi connectivity index (χ2n) is 8.47. The summed E-state index contributed by atoms with van der Waals surface area (Å²) in [7, 11) is 0. The molecule has 0 aromatic heterocycles. The van der Waals surface area contributed by atoms with Gasteiger partial charge in [0.25, 0.3) is 0 Å². The zero-order valence-electron chi connectivity index (χ0n) is 16.2. The molecule has 2 aromatic carbocycles. The molecular weight excluding hydrogens is 454 g/mol. The molecule has 2 aromatic rings. The molecule has 0 radical (unpaired) electrons. The summed E-state index contributed by atoms with van der Waals surface area (Å²) in [5, 5.41) is 10.1. The predicted octanol–water partition coefficient (Wildman–Crippen LogP) is 5.97. The molecule has 0 bridgehead atoms. The number of amides is 1. The summed E-state index contributed by atoms with van der Waals surface area (Å²) in [6.07, 6.45) is 1.24. The highest BCUT2D eigenvalue weighted by molar-refractivity contribution is 9.10. The number of Topliss-reactive ketones (excluding diaryl/α,β-unsaturated/α-hetero) is 1. The minimum atomic E-state index is -0.313. The first-order valence-corrected chi connectivity index (χ1v) is 10.7. The van der Waals surface area contributed by atoms with Gasteiger partial charge in [-0.05, 0) is 47.7 Å². The van der Waals surface area contributed by atoms with E-state index in [2.05, 4.69) is 15.9 Å². The van der Waals surface area contributed by atoms with Crippen molar-refractivity contribution in [1.82, 2.24) is 0 Å². The molecule has 0 saturated carbocycles. The Morgan fingerprint density at radius 2 is 1.79 bits per heavy atom. The molecule has 29 heavy (non-hydrogen) atoms. The molecule has 1 atom stereocenters. The highest BCUT2D eigenvalue weighted by atomic mass is 79.9. The summed E-state index contributed by atoms with van der Waals surface area (Å²) in [6, 6.07) is 12.2. The molecule has 1 aliphatic carbocycles. The van der Waals surface area contributed by atoms with Crippen molar-refractivity contribution >= 4 is 44.9 Å². The van der Waals surface area contributed by atoms with Crippen LogP contribution in [-0.2, 0) is 9.59 Å². The molecule has 1 heterocycles. The Kier molecular flexibility index (Phi) is 5.07. The number of anilines is 1. The van der Waals surface area contributed by atoms with Crippen molar-refractivity contribution in [3.8, 4) is 5.75 Å². The van der Waals surface area contributed by atoms with Crippen LogP contribution in [0.3, 0.4) is 0 Å². The van der Waals surface area contributed by atoms with Gasteiger partial charge in [0.15, 0.2) is 5.78 Å². The number of carbonyl (C=O) groups is 2. The van der Waals surface area contributed by atoms with Crippen LogP contribution in [0, 0.1) is 5.41 Å². The van der Waals surface area contributed by atoms with Crippen molar-refractivity contribution in [2.45, 2.75) is 39.0 Å². The molecule has 4 rings (SSSR count). The van der Waals surface area contributed by atoms with Crippen LogP contribution in [0.4, 0.5) is 5.69 Å². The van der Waals surface area contributed by atoms with Crippen LogP contribution in [0.5, 0.6) is 5.75 Å². The van der Waals surface area contributed by atoms with Crippen molar-refractivity contribution < 1.29 is 14.7 Å². The van der Waals surface area contributed by atoms with Gasteiger partial charge in [-0.1, -0.05) is 53.5 Å². The summed E-state index contributed by atoms with van der Waals surface area (Å²) in [6.45, 7) is 4.09. The maximum Gasteiger partial charge on any atom is 0.232 e. The Labute approximate surface area is 183 Å². The Balaban J connectivity index is 1.91. The Bertz CT molecular complexity index is 1040. The number of rotatable bonds is 2. The van der Waals surface area contributed by atoms with E-state index in [1.807, 2.05) is 26.0 Å². The van der Waals surface area contributed by atoms with Crippen molar-refractivity contribution in [1.29, 1.82) is 0 Å². The van der Waals surface area contributed by atoms with E-state index in [1.165, 1.54) is 0 Å². The predicted molar refractivity (Wildman–Crippen MR) is 117 cm³/mol. The van der Waals surface area contributed by atoms with E-state index in [4.69, 9.17) is 11.6 Å². The van der Waals surface area contributed by atoms with Gasteiger partial charge in [0.05, 0.1) is 10.7 Å². The van der Waals surface area contributed by atoms with Gasteiger partial charge in [0.1, 0.15) is 5.75 Å². The van der Waals surface area contributed by atoms with E-state index >= 15 is 0 Å². The van der Waals surface area contributed by atoms with E-state index in [1.54, 1.807) is 35.2 Å². The third-order valence-corrected chi connectivity index (χ3v) is 6.39. The first-order valence-electron chi connectivity index (χ1n) is 9.49. The third-order valence-electron chi connectivity index (χ3n) is 5.59. The molecule has 1 amide bonds. The molecular formula is C23H21BrClNO3. The Morgan fingerprint density at radius 3 is 2.45 bits per heavy atom. The van der Waals surface area contributed by atoms with Crippen LogP contribution in [0.2, 0.25) is 5.02 Å². The molecule has 0 saturated heterocycles. The van der Waals surface area contributed by atoms with Gasteiger partial charge in [-0.25, -0.2) is 0 Å². The van der Waals surface area contributed by atoms with Gasteiger partial charge in [-0.2, -0.15) is 0 Å². The minimum absolute atomic E-state index is 0.0695. The van der Waals surface area contributed by atoms with Crippen LogP contribution in [0.25, 0.3) is 0 Å². The molecule has 6 heteroatoms. The molecule has 1 N–H and O–H groups in total. The van der Waals surface area contributed by atoms with Crippen LogP contribution < -0.4 is 4.90 Å². The topological polar surface area (TPSA) is 57.6 Å². The third kappa shape index (κ3) is 3.74. The number of nitrogens with zero attached hydrogens (tertiary/aromatic N) is 1. The normalized spacial score (nSPS) is 21.4. The first kappa shape index (κ1) is 20.2. The summed E-state index contributed by atoms with van der Waals surface area (Å²) >= 11 is 9.88. The number of hydrogen-bond donors (Lipinski definition) is 1. The fourth-order valence-corrected chi connectivity index (χ4v) is 5.11. The smallest absolute Gasteiger partial charge is 0.232 e. The highest BCUT2D eigenvalue weighted by Gasteiger charge is 2.44. The second-order valence-corrected chi connectivity index (χ2v) is 9.80. The number of allylic oxidation sites excluding steroid dienone is 2. The fourth-order valence-electron chi connectivity index (χ4n) is 4.35. The summed E-state index contributed by atoms with van der Waals surface area (Å²) in [5.41, 5.74) is 2.64. The first-order chi connectivity index (χ1) is 13.7. The zero-order chi connectivity index (χ0) is 20.9. The molecule has 0 fully saturated rings. The van der Waals surface area contributed by atoms with Gasteiger partial charge in [-0.3, -0.25) is 14.5 Å². The maximum atomic E-state index is 13.3. The van der Waals surface area contributed by atoms with Gasteiger partial charge in [-0.15, -0.1) is 0 Å². The lowest BCUT2D eigenvalue weighted by atomic mass is 9.69. The van der Waals surface area contributed by atoms with E-state index in [-0.39, 0.29) is 35.2 Å². The van der Waals surface area contributed by atoms with Crippen molar-refractivity contribution in [2.75, 3.05) is 4.90 Å². The lowest BCUT2D eigenvalue weighted by molar-refractivity contribution is -0.121. The van der Waals surface area contributed by atoms with Gasteiger partial charge in [0.2, 0.25) is 5.91 Å². The van der Waals surface area contributed by atoms with Crippen LogP contribution in [0.1, 0.15) is 44.6 Å². The zero-order valence-corrected chi connectivity index (χ0v) is 18.5. The summed E-state index contributed by atoms with van der Waals surface area (Å²) in [5.74, 6) is -0.173. The minimum Gasteiger partial charge on any atom is -0.508 e. The monoisotopic (exact) mass is 473 g/mol. The van der Waals surface area contributed by atoms with Gasteiger partial charge < -0.3 is 5.11 Å². The molecule has 4 nitrogen and oxygen atoms in total. The van der Waals surface area contributed by atoms with Crippen molar-refractivity contribution in [3.05, 3.63) is 68.8 Å². The number of aromatic hydroxyl groups is 1. The number of benzene rings is 2. The summed E-state index contributed by atoms with van der Waals surface area (Å²) in [4.78, 5) is 28.2. The number of halogens is 2. The largest absolute Gasteiger partial charge is 0.508 e. The van der Waals surface area contributed by atoms with Crippen molar-refractivity contribution in [2.24, 2.45) is 5.41 Å². The number of ketones is 1. The van der Waals surface area contributed by atoms with Crippen molar-refractivity contribution in [3.63, 3.8) is 0 Å². The standard InChI is InChI=1S/C23H21BrClNO3/c1-23(2)11-19-22(20(28)12-23)16(13-3-6-15(27)7-4-13)10-21(29)26(19)18-8-5-14(24)9-17(18)25/h3-9,16,27H,10-12H2,1-2H3. The maximum absolute atomic E-state index is 13.3.